The number of amides is 4. The summed E-state index contributed by atoms with van der Waals surface area (Å²) in [7, 11) is 6.37. The molecule has 1 aliphatic heterocycles. The molecule has 2 aromatic rings. The number of para-hydroxylation sites is 1. The first-order valence-electron chi connectivity index (χ1n) is 10.5. The van der Waals surface area contributed by atoms with Crippen LogP contribution in [0.15, 0.2) is 30.3 Å². The normalized spacial score (nSPS) is 17.2. The molecule has 1 atom stereocenters. The highest BCUT2D eigenvalue weighted by molar-refractivity contribution is 6.10. The van der Waals surface area contributed by atoms with Gasteiger partial charge in [0, 0.05) is 5.56 Å². The Morgan fingerprint density at radius 3 is 2.03 bits per heavy atom. The van der Waals surface area contributed by atoms with Crippen LogP contribution in [-0.2, 0) is 11.3 Å². The van der Waals surface area contributed by atoms with Crippen LogP contribution in [0.3, 0.4) is 0 Å². The fourth-order valence-corrected chi connectivity index (χ4v) is 3.83. The van der Waals surface area contributed by atoms with Gasteiger partial charge < -0.3 is 29.0 Å². The monoisotopic (exact) mass is 527 g/mol. The SMILES string of the molecule is COc1cccc(CN2C(=O)N[C@@](NC(=O)c3ccc(OC)c(OC)c3OC)(C(F)(F)F)C2=O)c1OC. The number of carbonyl (C=O) groups excluding carboxylic acids is 3. The van der Waals surface area contributed by atoms with E-state index in [4.69, 9.17) is 23.7 Å². The summed E-state index contributed by atoms with van der Waals surface area (Å²) < 4.78 is 68.8. The van der Waals surface area contributed by atoms with Crippen LogP contribution in [0.5, 0.6) is 28.7 Å². The molecule has 14 heteroatoms. The average Bonchev–Trinajstić information content (AvgIpc) is 3.12. The zero-order valence-corrected chi connectivity index (χ0v) is 20.4. The highest BCUT2D eigenvalue weighted by atomic mass is 19.4. The van der Waals surface area contributed by atoms with Crippen LogP contribution < -0.4 is 34.3 Å². The van der Waals surface area contributed by atoms with Gasteiger partial charge in [0.25, 0.3) is 17.5 Å². The Hall–Kier alpha value is -4.36. The molecule has 0 saturated carbocycles. The molecule has 0 aliphatic carbocycles. The summed E-state index contributed by atoms with van der Waals surface area (Å²) in [5, 5.41) is 3.23. The van der Waals surface area contributed by atoms with E-state index in [2.05, 4.69) is 0 Å². The maximum absolute atomic E-state index is 14.3. The number of imide groups is 1. The van der Waals surface area contributed by atoms with Gasteiger partial charge in [0.1, 0.15) is 0 Å². The third-order valence-corrected chi connectivity index (χ3v) is 5.59. The molecule has 0 bridgehead atoms. The van der Waals surface area contributed by atoms with E-state index in [1.165, 1.54) is 59.8 Å². The molecular formula is C23H24F3N3O8. The summed E-state index contributed by atoms with van der Waals surface area (Å²) in [5.74, 6) is -2.92. The third kappa shape index (κ3) is 4.61. The van der Waals surface area contributed by atoms with Crippen molar-refractivity contribution in [2.75, 3.05) is 35.5 Å². The number of alkyl halides is 3. The van der Waals surface area contributed by atoms with Gasteiger partial charge in [-0.15, -0.1) is 0 Å². The molecule has 200 valence electrons. The molecule has 1 fully saturated rings. The highest BCUT2D eigenvalue weighted by Gasteiger charge is 2.69. The second-order valence-corrected chi connectivity index (χ2v) is 7.56. The molecular weight excluding hydrogens is 503 g/mol. The number of methoxy groups -OCH3 is 5. The average molecular weight is 527 g/mol. The van der Waals surface area contributed by atoms with Crippen molar-refractivity contribution in [1.82, 2.24) is 15.5 Å². The second kappa shape index (κ2) is 10.3. The van der Waals surface area contributed by atoms with Gasteiger partial charge in [0.2, 0.25) is 5.75 Å². The lowest BCUT2D eigenvalue weighted by molar-refractivity contribution is -0.200. The van der Waals surface area contributed by atoms with Gasteiger partial charge in [0.15, 0.2) is 23.0 Å². The van der Waals surface area contributed by atoms with Gasteiger partial charge >= 0.3 is 12.2 Å². The lowest BCUT2D eigenvalue weighted by atomic mass is 10.1. The third-order valence-electron chi connectivity index (χ3n) is 5.59. The number of nitrogens with zero attached hydrogens (tertiary/aromatic N) is 1. The molecule has 1 aliphatic rings. The molecule has 1 saturated heterocycles. The van der Waals surface area contributed by atoms with E-state index in [0.29, 0.717) is 4.90 Å². The van der Waals surface area contributed by atoms with E-state index in [-0.39, 0.29) is 34.3 Å². The van der Waals surface area contributed by atoms with E-state index in [0.717, 1.165) is 6.07 Å². The number of ether oxygens (including phenoxy) is 5. The van der Waals surface area contributed by atoms with Crippen molar-refractivity contribution in [1.29, 1.82) is 0 Å². The van der Waals surface area contributed by atoms with E-state index in [1.54, 1.807) is 10.6 Å². The number of hydrogen-bond acceptors (Lipinski definition) is 8. The lowest BCUT2D eigenvalue weighted by Gasteiger charge is -2.30. The molecule has 0 unspecified atom stereocenters. The van der Waals surface area contributed by atoms with Crippen molar-refractivity contribution in [2.24, 2.45) is 0 Å². The number of benzene rings is 2. The fourth-order valence-electron chi connectivity index (χ4n) is 3.83. The predicted molar refractivity (Wildman–Crippen MR) is 121 cm³/mol. The van der Waals surface area contributed by atoms with Crippen molar-refractivity contribution in [3.05, 3.63) is 41.5 Å². The van der Waals surface area contributed by atoms with Crippen LogP contribution in [-0.4, -0.2) is 70.1 Å². The maximum atomic E-state index is 14.3. The quantitative estimate of drug-likeness (QED) is 0.477. The first-order valence-corrected chi connectivity index (χ1v) is 10.5. The molecule has 11 nitrogen and oxygen atoms in total. The van der Waals surface area contributed by atoms with Gasteiger partial charge in [-0.25, -0.2) is 4.79 Å². The minimum Gasteiger partial charge on any atom is -0.493 e. The summed E-state index contributed by atoms with van der Waals surface area (Å²) in [6.07, 6.45) is -5.42. The van der Waals surface area contributed by atoms with Crippen LogP contribution in [0.25, 0.3) is 0 Å². The lowest BCUT2D eigenvalue weighted by Crippen LogP contribution is -2.69. The molecule has 37 heavy (non-hydrogen) atoms. The van der Waals surface area contributed by atoms with Crippen molar-refractivity contribution in [3.63, 3.8) is 0 Å². The first kappa shape index (κ1) is 27.2. The van der Waals surface area contributed by atoms with Crippen molar-refractivity contribution in [2.45, 2.75) is 18.4 Å². The minimum absolute atomic E-state index is 0.0627. The summed E-state index contributed by atoms with van der Waals surface area (Å²) >= 11 is 0. The molecule has 1 heterocycles. The van der Waals surface area contributed by atoms with Gasteiger partial charge in [-0.1, -0.05) is 12.1 Å². The number of halogens is 3. The summed E-state index contributed by atoms with van der Waals surface area (Å²) in [6.45, 7) is -0.599. The molecule has 3 rings (SSSR count). The van der Waals surface area contributed by atoms with E-state index < -0.39 is 41.8 Å². The standard InChI is InChI=1S/C23H24F3N3O8/c1-33-14-8-6-7-12(16(14)35-3)11-29-20(31)22(23(24,25)26,28-21(29)32)27-19(30)13-9-10-15(34-2)18(37-5)17(13)36-4/h6-10H,11H2,1-5H3,(H,27,30)(H,28,32)/t22-/m1/s1. The highest BCUT2D eigenvalue weighted by Crippen LogP contribution is 2.41. The van der Waals surface area contributed by atoms with Crippen LogP contribution in [0.4, 0.5) is 18.0 Å². The topological polar surface area (TPSA) is 125 Å². The molecule has 0 radical (unpaired) electrons. The van der Waals surface area contributed by atoms with Crippen molar-refractivity contribution >= 4 is 17.8 Å². The molecule has 4 amide bonds. The maximum Gasteiger partial charge on any atom is 0.440 e. The number of nitrogens with one attached hydrogen (secondary N) is 2. The number of urea groups is 1. The Bertz CT molecular complexity index is 1220. The van der Waals surface area contributed by atoms with Crippen molar-refractivity contribution in [3.8, 4) is 28.7 Å². The minimum atomic E-state index is -5.42. The summed E-state index contributed by atoms with van der Waals surface area (Å²) in [6, 6.07) is 5.50. The summed E-state index contributed by atoms with van der Waals surface area (Å²) in [5.41, 5.74) is -3.97. The van der Waals surface area contributed by atoms with Gasteiger partial charge in [-0.3, -0.25) is 19.8 Å². The predicted octanol–water partition coefficient (Wildman–Crippen LogP) is 2.47. The first-order chi connectivity index (χ1) is 17.5. The number of rotatable bonds is 9. The van der Waals surface area contributed by atoms with Crippen molar-refractivity contribution < 1.29 is 51.2 Å². The number of carbonyl (C=O) groups is 3. The largest absolute Gasteiger partial charge is 0.493 e. The van der Waals surface area contributed by atoms with E-state index in [1.807, 2.05) is 0 Å². The van der Waals surface area contributed by atoms with E-state index >= 15 is 0 Å². The molecule has 0 spiro atoms. The number of hydrogen-bond donors (Lipinski definition) is 2. The van der Waals surface area contributed by atoms with Crippen LogP contribution in [0.1, 0.15) is 15.9 Å². The zero-order chi connectivity index (χ0) is 27.5. The van der Waals surface area contributed by atoms with Gasteiger partial charge in [0.05, 0.1) is 47.7 Å². The van der Waals surface area contributed by atoms with Gasteiger partial charge in [-0.05, 0) is 18.2 Å². The van der Waals surface area contributed by atoms with Crippen LogP contribution in [0, 0.1) is 0 Å². The van der Waals surface area contributed by atoms with E-state index in [9.17, 15) is 27.6 Å². The Morgan fingerprint density at radius 1 is 0.892 bits per heavy atom. The fraction of sp³-hybridized carbons (Fsp3) is 0.348. The Balaban J connectivity index is 2.02. The Morgan fingerprint density at radius 2 is 1.49 bits per heavy atom. The zero-order valence-electron chi connectivity index (χ0n) is 20.4. The van der Waals surface area contributed by atoms with Gasteiger partial charge in [-0.2, -0.15) is 13.2 Å². The van der Waals surface area contributed by atoms with Crippen LogP contribution >= 0.6 is 0 Å². The second-order valence-electron chi connectivity index (χ2n) is 7.56. The Labute approximate surface area is 209 Å². The molecule has 0 aromatic heterocycles. The molecule has 2 N–H and O–H groups in total. The Kier molecular flexibility index (Phi) is 7.60. The molecule has 2 aromatic carbocycles. The van der Waals surface area contributed by atoms with Crippen LogP contribution in [0.2, 0.25) is 0 Å². The summed E-state index contributed by atoms with van der Waals surface area (Å²) in [4.78, 5) is 39.2. The smallest absolute Gasteiger partial charge is 0.440 e.